The monoisotopic (exact) mass is 359 g/mol. The Morgan fingerprint density at radius 2 is 1.92 bits per heavy atom. The van der Waals surface area contributed by atoms with Gasteiger partial charge in [0.25, 0.3) is 0 Å². The fourth-order valence-corrected chi connectivity index (χ4v) is 4.17. The first-order valence-corrected chi connectivity index (χ1v) is 9.94. The molecule has 2 aromatic rings. The second-order valence-corrected chi connectivity index (χ2v) is 7.69. The highest BCUT2D eigenvalue weighted by Crippen LogP contribution is 2.27. The van der Waals surface area contributed by atoms with Crippen LogP contribution in [0.15, 0.2) is 18.2 Å². The van der Waals surface area contributed by atoms with Gasteiger partial charge in [-0.2, -0.15) is 0 Å². The van der Waals surface area contributed by atoms with Crippen LogP contribution in [-0.4, -0.2) is 22.8 Å². The van der Waals surface area contributed by atoms with E-state index in [0.29, 0.717) is 24.0 Å². The van der Waals surface area contributed by atoms with Crippen molar-refractivity contribution >= 4 is 38.5 Å². The van der Waals surface area contributed by atoms with Gasteiger partial charge in [-0.25, -0.2) is 4.98 Å². The molecule has 0 spiro atoms. The zero-order valence-electron chi connectivity index (χ0n) is 14.6. The predicted octanol–water partition coefficient (Wildman–Crippen LogP) is 4.03. The summed E-state index contributed by atoms with van der Waals surface area (Å²) in [5, 5.41) is 6.59. The third kappa shape index (κ3) is 5.01. The van der Waals surface area contributed by atoms with E-state index >= 15 is 0 Å². The fourth-order valence-electron chi connectivity index (χ4n) is 3.23. The van der Waals surface area contributed by atoms with Gasteiger partial charge < -0.3 is 10.6 Å². The maximum Gasteiger partial charge on any atom is 0.225 e. The lowest BCUT2D eigenvalue weighted by atomic mass is 10.1. The van der Waals surface area contributed by atoms with E-state index in [0.717, 1.165) is 28.6 Å². The fraction of sp³-hybridized carbons (Fsp3) is 0.526. The standard InChI is InChI=1S/C19H25N3O2S/c1-2-17(23)22-19-21-15-10-9-13(11-16(15)25-19)12-18(24)20-14-7-5-3-4-6-8-14/h9-11,14H,2-8,12H2,1H3,(H,20,24)(H,21,22,23). The number of anilines is 1. The molecule has 0 aliphatic heterocycles. The summed E-state index contributed by atoms with van der Waals surface area (Å²) in [6.45, 7) is 1.81. The molecule has 0 atom stereocenters. The molecule has 1 aliphatic carbocycles. The Hall–Kier alpha value is -1.95. The number of nitrogens with one attached hydrogen (secondary N) is 2. The van der Waals surface area contributed by atoms with Gasteiger partial charge in [-0.05, 0) is 30.5 Å². The van der Waals surface area contributed by atoms with E-state index in [9.17, 15) is 9.59 Å². The molecule has 0 saturated heterocycles. The highest BCUT2D eigenvalue weighted by molar-refractivity contribution is 7.22. The average molecular weight is 359 g/mol. The van der Waals surface area contributed by atoms with Gasteiger partial charge in [0.2, 0.25) is 11.8 Å². The smallest absolute Gasteiger partial charge is 0.225 e. The molecular weight excluding hydrogens is 334 g/mol. The molecule has 0 radical (unpaired) electrons. The number of benzene rings is 1. The molecule has 5 nitrogen and oxygen atoms in total. The Labute approximate surface area is 152 Å². The minimum absolute atomic E-state index is 0.0398. The van der Waals surface area contributed by atoms with Gasteiger partial charge in [-0.1, -0.05) is 50.0 Å². The van der Waals surface area contributed by atoms with Gasteiger partial charge in [0.15, 0.2) is 5.13 Å². The molecule has 0 bridgehead atoms. The van der Waals surface area contributed by atoms with Crippen molar-refractivity contribution in [1.29, 1.82) is 0 Å². The molecule has 1 aliphatic rings. The third-order valence-corrected chi connectivity index (χ3v) is 5.54. The van der Waals surface area contributed by atoms with Crippen molar-refractivity contribution in [3.05, 3.63) is 23.8 Å². The lowest BCUT2D eigenvalue weighted by Gasteiger charge is -2.16. The highest BCUT2D eigenvalue weighted by atomic mass is 32.1. The topological polar surface area (TPSA) is 71.1 Å². The normalized spacial score (nSPS) is 15.7. The minimum Gasteiger partial charge on any atom is -0.353 e. The van der Waals surface area contributed by atoms with Crippen LogP contribution in [0.2, 0.25) is 0 Å². The van der Waals surface area contributed by atoms with Crippen molar-refractivity contribution in [2.75, 3.05) is 5.32 Å². The summed E-state index contributed by atoms with van der Waals surface area (Å²) in [5.41, 5.74) is 1.83. The van der Waals surface area contributed by atoms with E-state index in [1.807, 2.05) is 25.1 Å². The predicted molar refractivity (Wildman–Crippen MR) is 102 cm³/mol. The van der Waals surface area contributed by atoms with Gasteiger partial charge in [0.1, 0.15) is 0 Å². The van der Waals surface area contributed by atoms with E-state index in [4.69, 9.17) is 0 Å². The molecule has 1 aromatic carbocycles. The number of amides is 2. The molecule has 25 heavy (non-hydrogen) atoms. The third-order valence-electron chi connectivity index (χ3n) is 4.61. The number of carbonyl (C=O) groups is 2. The van der Waals surface area contributed by atoms with E-state index < -0.39 is 0 Å². The number of fused-ring (bicyclic) bond motifs is 1. The summed E-state index contributed by atoms with van der Waals surface area (Å²) >= 11 is 1.45. The highest BCUT2D eigenvalue weighted by Gasteiger charge is 2.15. The number of thiazole rings is 1. The van der Waals surface area contributed by atoms with Crippen LogP contribution in [-0.2, 0) is 16.0 Å². The molecule has 1 aromatic heterocycles. The first-order valence-electron chi connectivity index (χ1n) is 9.12. The summed E-state index contributed by atoms with van der Waals surface area (Å²) < 4.78 is 0.992. The Kier molecular flexibility index (Phi) is 6.02. The van der Waals surface area contributed by atoms with Crippen LogP contribution in [0.25, 0.3) is 10.2 Å². The maximum atomic E-state index is 12.3. The molecule has 1 fully saturated rings. The Morgan fingerprint density at radius 1 is 1.16 bits per heavy atom. The van der Waals surface area contributed by atoms with Crippen LogP contribution in [0.1, 0.15) is 57.4 Å². The zero-order valence-corrected chi connectivity index (χ0v) is 15.5. The van der Waals surface area contributed by atoms with E-state index in [1.54, 1.807) is 0 Å². The lowest BCUT2D eigenvalue weighted by molar-refractivity contribution is -0.121. The Balaban J connectivity index is 1.62. The van der Waals surface area contributed by atoms with Crippen molar-refractivity contribution in [2.24, 2.45) is 0 Å². The van der Waals surface area contributed by atoms with Crippen LogP contribution < -0.4 is 10.6 Å². The summed E-state index contributed by atoms with van der Waals surface area (Å²) in [5.74, 6) is 0.0531. The first kappa shape index (κ1) is 17.9. The second kappa shape index (κ2) is 8.43. The number of hydrogen-bond acceptors (Lipinski definition) is 4. The molecule has 6 heteroatoms. The molecule has 3 rings (SSSR count). The number of nitrogens with zero attached hydrogens (tertiary/aromatic N) is 1. The number of hydrogen-bond donors (Lipinski definition) is 2. The number of aromatic nitrogens is 1. The average Bonchev–Trinajstić information content (AvgIpc) is 2.80. The summed E-state index contributed by atoms with van der Waals surface area (Å²) in [6.07, 6.45) is 8.01. The minimum atomic E-state index is -0.0398. The molecule has 0 unspecified atom stereocenters. The lowest BCUT2D eigenvalue weighted by Crippen LogP contribution is -2.35. The molecule has 1 heterocycles. The van der Waals surface area contributed by atoms with Gasteiger partial charge in [0, 0.05) is 12.5 Å². The summed E-state index contributed by atoms with van der Waals surface area (Å²) in [7, 11) is 0. The van der Waals surface area contributed by atoms with Gasteiger partial charge in [-0.15, -0.1) is 0 Å². The molecule has 1 saturated carbocycles. The van der Waals surface area contributed by atoms with E-state index in [2.05, 4.69) is 15.6 Å². The Bertz CT molecular complexity index is 748. The number of rotatable bonds is 5. The van der Waals surface area contributed by atoms with Gasteiger partial charge >= 0.3 is 0 Å². The second-order valence-electron chi connectivity index (χ2n) is 6.66. The maximum absolute atomic E-state index is 12.3. The summed E-state index contributed by atoms with van der Waals surface area (Å²) in [4.78, 5) is 28.2. The van der Waals surface area contributed by atoms with Gasteiger partial charge in [-0.3, -0.25) is 9.59 Å². The van der Waals surface area contributed by atoms with Gasteiger partial charge in [0.05, 0.1) is 16.6 Å². The van der Waals surface area contributed by atoms with Crippen LogP contribution in [0, 0.1) is 0 Å². The van der Waals surface area contributed by atoms with E-state index in [1.165, 1.54) is 37.0 Å². The molecule has 134 valence electrons. The quantitative estimate of drug-likeness (QED) is 0.792. The molecular formula is C19H25N3O2S. The van der Waals surface area contributed by atoms with E-state index in [-0.39, 0.29) is 11.8 Å². The summed E-state index contributed by atoms with van der Waals surface area (Å²) in [6, 6.07) is 6.20. The Morgan fingerprint density at radius 3 is 2.64 bits per heavy atom. The number of carbonyl (C=O) groups excluding carboxylic acids is 2. The van der Waals surface area contributed by atoms with Crippen LogP contribution in [0.3, 0.4) is 0 Å². The SMILES string of the molecule is CCC(=O)Nc1nc2ccc(CC(=O)NC3CCCCCC3)cc2s1. The van der Waals surface area contributed by atoms with Crippen molar-refractivity contribution in [1.82, 2.24) is 10.3 Å². The van der Waals surface area contributed by atoms with Crippen LogP contribution >= 0.6 is 11.3 Å². The van der Waals surface area contributed by atoms with Crippen LogP contribution in [0.5, 0.6) is 0 Å². The van der Waals surface area contributed by atoms with Crippen molar-refractivity contribution in [3.63, 3.8) is 0 Å². The first-order chi connectivity index (χ1) is 12.1. The molecule has 2 amide bonds. The van der Waals surface area contributed by atoms with Crippen LogP contribution in [0.4, 0.5) is 5.13 Å². The van der Waals surface area contributed by atoms with Crippen molar-refractivity contribution in [3.8, 4) is 0 Å². The molecule has 2 N–H and O–H groups in total. The zero-order chi connectivity index (χ0) is 17.6. The van der Waals surface area contributed by atoms with Crippen molar-refractivity contribution < 1.29 is 9.59 Å². The largest absolute Gasteiger partial charge is 0.353 e. The van der Waals surface area contributed by atoms with Crippen molar-refractivity contribution in [2.45, 2.75) is 64.3 Å².